The molecule has 0 aliphatic carbocycles. The van der Waals surface area contributed by atoms with Gasteiger partial charge in [0, 0.05) is 30.9 Å². The van der Waals surface area contributed by atoms with Crippen molar-refractivity contribution < 1.29 is 14.3 Å². The summed E-state index contributed by atoms with van der Waals surface area (Å²) in [5.41, 5.74) is 1.34. The van der Waals surface area contributed by atoms with Crippen LogP contribution in [-0.4, -0.2) is 45.9 Å². The molecular formula is C15H23ClN2O3. The molecule has 1 aromatic rings. The van der Waals surface area contributed by atoms with Crippen LogP contribution in [0.3, 0.4) is 0 Å². The van der Waals surface area contributed by atoms with Crippen molar-refractivity contribution in [1.82, 2.24) is 5.32 Å². The monoisotopic (exact) mass is 314 g/mol. The number of ether oxygens (including phenoxy) is 2. The molecule has 0 fully saturated rings. The van der Waals surface area contributed by atoms with Gasteiger partial charge in [-0.2, -0.15) is 0 Å². The third-order valence-electron chi connectivity index (χ3n) is 2.76. The first kappa shape index (κ1) is 17.8. The van der Waals surface area contributed by atoms with Crippen molar-refractivity contribution in [3.63, 3.8) is 0 Å². The van der Waals surface area contributed by atoms with E-state index in [9.17, 15) is 4.79 Å². The fourth-order valence-corrected chi connectivity index (χ4v) is 1.87. The lowest BCUT2D eigenvalue weighted by Crippen LogP contribution is -2.28. The molecule has 1 rings (SSSR count). The summed E-state index contributed by atoms with van der Waals surface area (Å²) in [5, 5.41) is 6.58. The third kappa shape index (κ3) is 6.80. The predicted octanol–water partition coefficient (Wildman–Crippen LogP) is 2.55. The van der Waals surface area contributed by atoms with Crippen LogP contribution in [0.25, 0.3) is 0 Å². The van der Waals surface area contributed by atoms with E-state index in [2.05, 4.69) is 17.6 Å². The van der Waals surface area contributed by atoms with Gasteiger partial charge in [-0.3, -0.25) is 4.79 Å². The average molecular weight is 315 g/mol. The van der Waals surface area contributed by atoms with Crippen LogP contribution in [0.4, 0.5) is 5.69 Å². The van der Waals surface area contributed by atoms with Crippen molar-refractivity contribution in [3.8, 4) is 0 Å². The Morgan fingerprint density at radius 2 is 2.05 bits per heavy atom. The highest BCUT2D eigenvalue weighted by molar-refractivity contribution is 6.31. The summed E-state index contributed by atoms with van der Waals surface area (Å²) in [5.74, 6) is -0.161. The molecule has 0 unspecified atom stereocenters. The van der Waals surface area contributed by atoms with Crippen molar-refractivity contribution in [3.05, 3.63) is 28.8 Å². The summed E-state index contributed by atoms with van der Waals surface area (Å²) in [7, 11) is 1.62. The van der Waals surface area contributed by atoms with Gasteiger partial charge in [-0.05, 0) is 24.6 Å². The summed E-state index contributed by atoms with van der Waals surface area (Å²) in [6.45, 7) is 4.85. The molecular weight excluding hydrogens is 292 g/mol. The fourth-order valence-electron chi connectivity index (χ4n) is 1.69. The minimum Gasteiger partial charge on any atom is -0.384 e. The molecule has 0 aromatic heterocycles. The lowest BCUT2D eigenvalue weighted by atomic mass is 10.1. The molecule has 0 radical (unpaired) electrons. The summed E-state index contributed by atoms with van der Waals surface area (Å²) in [6.07, 6.45) is 0.983. The predicted molar refractivity (Wildman–Crippen MR) is 85.3 cm³/mol. The molecule has 2 N–H and O–H groups in total. The Balaban J connectivity index is 2.50. The zero-order valence-electron chi connectivity index (χ0n) is 12.6. The number of carbonyl (C=O) groups is 1. The molecule has 0 atom stereocenters. The number of hydrogen-bond acceptors (Lipinski definition) is 4. The van der Waals surface area contributed by atoms with Crippen LogP contribution < -0.4 is 10.6 Å². The molecule has 0 spiro atoms. The highest BCUT2D eigenvalue weighted by Gasteiger charge is 2.11. The maximum Gasteiger partial charge on any atom is 0.253 e. The summed E-state index contributed by atoms with van der Waals surface area (Å²) in [6, 6.07) is 5.26. The maximum absolute atomic E-state index is 12.2. The highest BCUT2D eigenvalue weighted by Crippen LogP contribution is 2.20. The molecule has 0 saturated heterocycles. The number of methoxy groups -OCH3 is 1. The Labute approximate surface area is 131 Å². The van der Waals surface area contributed by atoms with E-state index in [1.807, 2.05) is 6.07 Å². The van der Waals surface area contributed by atoms with E-state index in [1.54, 1.807) is 19.2 Å². The van der Waals surface area contributed by atoms with Crippen LogP contribution in [0.1, 0.15) is 23.7 Å². The zero-order valence-corrected chi connectivity index (χ0v) is 13.3. The Hall–Kier alpha value is -1.30. The van der Waals surface area contributed by atoms with Crippen molar-refractivity contribution in [2.75, 3.05) is 45.3 Å². The number of carbonyl (C=O) groups excluding carboxylic acids is 1. The molecule has 0 aliphatic rings. The Morgan fingerprint density at radius 3 is 2.76 bits per heavy atom. The van der Waals surface area contributed by atoms with E-state index >= 15 is 0 Å². The number of halogens is 1. The van der Waals surface area contributed by atoms with E-state index in [-0.39, 0.29) is 5.91 Å². The zero-order chi connectivity index (χ0) is 15.5. The number of benzene rings is 1. The van der Waals surface area contributed by atoms with Gasteiger partial charge < -0.3 is 20.1 Å². The van der Waals surface area contributed by atoms with Gasteiger partial charge in [0.15, 0.2) is 0 Å². The molecule has 0 bridgehead atoms. The van der Waals surface area contributed by atoms with Crippen LogP contribution in [-0.2, 0) is 9.47 Å². The molecule has 6 heteroatoms. The number of hydrogen-bond donors (Lipinski definition) is 2. The maximum atomic E-state index is 12.2. The normalized spacial score (nSPS) is 10.4. The molecule has 5 nitrogen and oxygen atoms in total. The smallest absolute Gasteiger partial charge is 0.253 e. The molecule has 0 heterocycles. The van der Waals surface area contributed by atoms with Gasteiger partial charge in [0.2, 0.25) is 0 Å². The number of anilines is 1. The first-order valence-corrected chi connectivity index (χ1v) is 7.45. The largest absolute Gasteiger partial charge is 0.384 e. The summed E-state index contributed by atoms with van der Waals surface area (Å²) in [4.78, 5) is 12.2. The Bertz CT molecular complexity index is 441. The summed E-state index contributed by atoms with van der Waals surface area (Å²) >= 11 is 5.97. The van der Waals surface area contributed by atoms with Gasteiger partial charge in [0.25, 0.3) is 5.91 Å². The van der Waals surface area contributed by atoms with Crippen LogP contribution >= 0.6 is 11.6 Å². The van der Waals surface area contributed by atoms with E-state index < -0.39 is 0 Å². The SMILES string of the molecule is CCCNc1ccc(Cl)cc1C(=O)NCCOCCOC. The number of rotatable bonds is 10. The van der Waals surface area contributed by atoms with Gasteiger partial charge in [0.05, 0.1) is 25.4 Å². The minimum atomic E-state index is -0.161. The van der Waals surface area contributed by atoms with Crippen LogP contribution in [0.2, 0.25) is 5.02 Å². The third-order valence-corrected chi connectivity index (χ3v) is 2.99. The first-order valence-electron chi connectivity index (χ1n) is 7.07. The van der Waals surface area contributed by atoms with Crippen LogP contribution in [0.15, 0.2) is 18.2 Å². The van der Waals surface area contributed by atoms with E-state index in [0.29, 0.717) is 37.0 Å². The van der Waals surface area contributed by atoms with Crippen LogP contribution in [0, 0.1) is 0 Å². The molecule has 0 saturated carbocycles. The van der Waals surface area contributed by atoms with Crippen molar-refractivity contribution >= 4 is 23.2 Å². The Kier molecular flexibility index (Phi) is 8.82. The van der Waals surface area contributed by atoms with Crippen molar-refractivity contribution in [2.24, 2.45) is 0 Å². The van der Waals surface area contributed by atoms with Crippen molar-refractivity contribution in [1.29, 1.82) is 0 Å². The quantitative estimate of drug-likeness (QED) is 0.652. The van der Waals surface area contributed by atoms with Gasteiger partial charge in [-0.25, -0.2) is 0 Å². The molecule has 1 aromatic carbocycles. The number of nitrogens with one attached hydrogen (secondary N) is 2. The average Bonchev–Trinajstić information content (AvgIpc) is 2.49. The van der Waals surface area contributed by atoms with Gasteiger partial charge in [-0.15, -0.1) is 0 Å². The standard InChI is InChI=1S/C15H23ClN2O3/c1-3-6-17-14-5-4-12(16)11-13(14)15(19)18-7-8-21-10-9-20-2/h4-5,11,17H,3,6-10H2,1-2H3,(H,18,19). The lowest BCUT2D eigenvalue weighted by molar-refractivity contribution is 0.0693. The molecule has 118 valence electrons. The number of amides is 1. The van der Waals surface area contributed by atoms with Gasteiger partial charge in [0.1, 0.15) is 0 Å². The fraction of sp³-hybridized carbons (Fsp3) is 0.533. The van der Waals surface area contributed by atoms with Crippen molar-refractivity contribution in [2.45, 2.75) is 13.3 Å². The van der Waals surface area contributed by atoms with E-state index in [1.165, 1.54) is 0 Å². The second-order valence-corrected chi connectivity index (χ2v) is 4.91. The lowest BCUT2D eigenvalue weighted by Gasteiger charge is -2.12. The molecule has 0 aliphatic heterocycles. The van der Waals surface area contributed by atoms with E-state index in [4.69, 9.17) is 21.1 Å². The first-order chi connectivity index (χ1) is 10.2. The Morgan fingerprint density at radius 1 is 1.24 bits per heavy atom. The minimum absolute atomic E-state index is 0.161. The second kappa shape index (κ2) is 10.4. The molecule has 1 amide bonds. The van der Waals surface area contributed by atoms with Gasteiger partial charge in [-0.1, -0.05) is 18.5 Å². The molecule has 21 heavy (non-hydrogen) atoms. The summed E-state index contributed by atoms with van der Waals surface area (Å²) < 4.78 is 10.2. The topological polar surface area (TPSA) is 59.6 Å². The highest BCUT2D eigenvalue weighted by atomic mass is 35.5. The van der Waals surface area contributed by atoms with E-state index in [0.717, 1.165) is 18.7 Å². The second-order valence-electron chi connectivity index (χ2n) is 4.48. The van der Waals surface area contributed by atoms with Gasteiger partial charge >= 0.3 is 0 Å². The van der Waals surface area contributed by atoms with Crippen LogP contribution in [0.5, 0.6) is 0 Å².